The van der Waals surface area contributed by atoms with E-state index in [1.54, 1.807) is 0 Å². The van der Waals surface area contributed by atoms with Crippen LogP contribution >= 0.6 is 0 Å². The number of hydrogen-bond acceptors (Lipinski definition) is 3. The van der Waals surface area contributed by atoms with Crippen molar-refractivity contribution in [1.82, 2.24) is 0 Å². The maximum absolute atomic E-state index is 11.7. The number of ether oxygens (including phenoxy) is 1. The maximum Gasteiger partial charge on any atom is 0.333 e. The van der Waals surface area contributed by atoms with Gasteiger partial charge in [-0.1, -0.05) is 46.1 Å². The lowest BCUT2D eigenvalue weighted by Crippen LogP contribution is -2.15. The fourth-order valence-electron chi connectivity index (χ4n) is 2.16. The minimum Gasteiger partial charge on any atom is -0.462 e. The summed E-state index contributed by atoms with van der Waals surface area (Å²) in [4.78, 5) is 11.7. The highest BCUT2D eigenvalue weighted by Gasteiger charge is 2.16. The molecule has 0 aliphatic carbocycles. The summed E-state index contributed by atoms with van der Waals surface area (Å²) in [5.74, 6) is 0.0561. The fraction of sp³-hybridized carbons (Fsp3) is 0.812. The van der Waals surface area contributed by atoms with Gasteiger partial charge in [-0.05, 0) is 38.1 Å². The molecule has 0 fully saturated rings. The Balaban J connectivity index is 3.55. The molecule has 3 nitrogen and oxygen atoms in total. The Labute approximate surface area is 118 Å². The smallest absolute Gasteiger partial charge is 0.333 e. The number of nitrogens with two attached hydrogens (primary N) is 1. The summed E-state index contributed by atoms with van der Waals surface area (Å²) in [5, 5.41) is 0. The lowest BCUT2D eigenvalue weighted by Gasteiger charge is -2.14. The molecule has 0 heterocycles. The lowest BCUT2D eigenvalue weighted by atomic mass is 9.95. The Bertz CT molecular complexity index is 247. The maximum atomic E-state index is 11.7. The third-order valence-electron chi connectivity index (χ3n) is 3.57. The number of unbranched alkanes of at least 4 members (excludes halogenated alkanes) is 5. The van der Waals surface area contributed by atoms with Crippen molar-refractivity contribution in [2.75, 3.05) is 13.2 Å². The number of hydrogen-bond donors (Lipinski definition) is 1. The van der Waals surface area contributed by atoms with E-state index in [-0.39, 0.29) is 11.9 Å². The minimum atomic E-state index is -0.211. The van der Waals surface area contributed by atoms with Crippen molar-refractivity contribution in [3.8, 4) is 0 Å². The molecule has 0 aliphatic heterocycles. The Morgan fingerprint density at radius 1 is 1.05 bits per heavy atom. The zero-order valence-corrected chi connectivity index (χ0v) is 12.7. The summed E-state index contributed by atoms with van der Waals surface area (Å²) < 4.78 is 5.26. The topological polar surface area (TPSA) is 52.3 Å². The molecule has 0 aromatic rings. The first-order valence-electron chi connectivity index (χ1n) is 7.73. The van der Waals surface area contributed by atoms with E-state index < -0.39 is 0 Å². The average Bonchev–Trinajstić information content (AvgIpc) is 2.42. The predicted molar refractivity (Wildman–Crippen MR) is 80.9 cm³/mol. The van der Waals surface area contributed by atoms with E-state index in [2.05, 4.69) is 20.4 Å². The average molecular weight is 269 g/mol. The number of rotatable bonds is 12. The quantitative estimate of drug-likeness (QED) is 0.333. The highest BCUT2D eigenvalue weighted by atomic mass is 16.5. The molecule has 0 bridgehead atoms. The van der Waals surface area contributed by atoms with Crippen LogP contribution in [0.5, 0.6) is 0 Å². The van der Waals surface area contributed by atoms with Crippen molar-refractivity contribution < 1.29 is 9.53 Å². The van der Waals surface area contributed by atoms with E-state index in [4.69, 9.17) is 10.5 Å². The molecule has 0 radical (unpaired) electrons. The Kier molecular flexibility index (Phi) is 11.7. The summed E-state index contributed by atoms with van der Waals surface area (Å²) >= 11 is 0. The zero-order valence-electron chi connectivity index (χ0n) is 12.7. The molecule has 2 N–H and O–H groups in total. The Morgan fingerprint density at radius 2 is 1.58 bits per heavy atom. The first-order valence-corrected chi connectivity index (χ1v) is 7.73. The molecular weight excluding hydrogens is 238 g/mol. The number of carbonyl (C=O) groups is 1. The van der Waals surface area contributed by atoms with Crippen LogP contribution in [0.4, 0.5) is 0 Å². The van der Waals surface area contributed by atoms with Crippen LogP contribution in [0.1, 0.15) is 65.2 Å². The van der Waals surface area contributed by atoms with Gasteiger partial charge in [0.2, 0.25) is 0 Å². The third-order valence-corrected chi connectivity index (χ3v) is 3.57. The van der Waals surface area contributed by atoms with Crippen LogP contribution in [0.3, 0.4) is 0 Å². The Hall–Kier alpha value is -0.830. The molecule has 0 saturated heterocycles. The van der Waals surface area contributed by atoms with Crippen LogP contribution < -0.4 is 5.73 Å². The predicted octanol–water partition coefficient (Wildman–Crippen LogP) is 3.82. The van der Waals surface area contributed by atoms with Gasteiger partial charge in [-0.3, -0.25) is 0 Å². The van der Waals surface area contributed by atoms with E-state index in [1.165, 1.54) is 19.3 Å². The Morgan fingerprint density at radius 3 is 2.11 bits per heavy atom. The second-order valence-electron chi connectivity index (χ2n) is 5.08. The van der Waals surface area contributed by atoms with E-state index in [0.29, 0.717) is 12.2 Å². The molecule has 0 unspecified atom stereocenters. The molecule has 19 heavy (non-hydrogen) atoms. The first-order chi connectivity index (χ1) is 9.17. The van der Waals surface area contributed by atoms with Crippen molar-refractivity contribution in [3.63, 3.8) is 0 Å². The summed E-state index contributed by atoms with van der Waals surface area (Å²) in [7, 11) is 0. The van der Waals surface area contributed by atoms with Gasteiger partial charge >= 0.3 is 5.97 Å². The molecule has 0 rings (SSSR count). The van der Waals surface area contributed by atoms with Gasteiger partial charge in [0.25, 0.3) is 0 Å². The molecule has 0 atom stereocenters. The molecular formula is C16H31NO2. The van der Waals surface area contributed by atoms with Gasteiger partial charge in [0.15, 0.2) is 0 Å². The fourth-order valence-corrected chi connectivity index (χ4v) is 2.16. The largest absolute Gasteiger partial charge is 0.462 e. The standard InChI is InChI=1S/C16H31NO2/c1-4-15(5-2)14(3)16(18)19-13-11-9-7-6-8-10-12-17/h15H,3-13,17H2,1-2H3. The summed E-state index contributed by atoms with van der Waals surface area (Å²) in [6.45, 7) is 9.32. The molecule has 112 valence electrons. The van der Waals surface area contributed by atoms with Gasteiger partial charge in [-0.15, -0.1) is 0 Å². The summed E-state index contributed by atoms with van der Waals surface area (Å²) in [6.07, 6.45) is 8.72. The monoisotopic (exact) mass is 269 g/mol. The molecule has 0 saturated carbocycles. The molecule has 0 aromatic heterocycles. The van der Waals surface area contributed by atoms with Crippen LogP contribution in [0.15, 0.2) is 12.2 Å². The van der Waals surface area contributed by atoms with Crippen molar-refractivity contribution in [2.24, 2.45) is 11.7 Å². The van der Waals surface area contributed by atoms with Crippen molar-refractivity contribution in [2.45, 2.75) is 65.2 Å². The zero-order chi connectivity index (χ0) is 14.5. The molecule has 3 heteroatoms. The normalized spacial score (nSPS) is 10.7. The first kappa shape index (κ1) is 18.2. The van der Waals surface area contributed by atoms with Crippen LogP contribution in [0.2, 0.25) is 0 Å². The molecule has 0 aliphatic rings. The van der Waals surface area contributed by atoms with Gasteiger partial charge in [0.05, 0.1) is 6.61 Å². The molecule has 0 aromatic carbocycles. The van der Waals surface area contributed by atoms with Crippen LogP contribution in [-0.4, -0.2) is 19.1 Å². The highest BCUT2D eigenvalue weighted by Crippen LogP contribution is 2.18. The highest BCUT2D eigenvalue weighted by molar-refractivity contribution is 5.88. The molecule has 0 amide bonds. The van der Waals surface area contributed by atoms with E-state index in [0.717, 1.165) is 38.6 Å². The number of carbonyl (C=O) groups excluding carboxylic acids is 1. The molecule has 0 spiro atoms. The van der Waals surface area contributed by atoms with Crippen LogP contribution in [-0.2, 0) is 9.53 Å². The van der Waals surface area contributed by atoms with Crippen LogP contribution in [0, 0.1) is 5.92 Å². The van der Waals surface area contributed by atoms with Gasteiger partial charge < -0.3 is 10.5 Å². The number of esters is 1. The van der Waals surface area contributed by atoms with E-state index in [1.807, 2.05) is 0 Å². The van der Waals surface area contributed by atoms with Gasteiger partial charge in [-0.25, -0.2) is 4.79 Å². The second-order valence-corrected chi connectivity index (χ2v) is 5.08. The van der Waals surface area contributed by atoms with E-state index in [9.17, 15) is 4.79 Å². The van der Waals surface area contributed by atoms with Crippen molar-refractivity contribution in [3.05, 3.63) is 12.2 Å². The van der Waals surface area contributed by atoms with Gasteiger partial charge in [0.1, 0.15) is 0 Å². The summed E-state index contributed by atoms with van der Waals surface area (Å²) in [5.41, 5.74) is 6.07. The third kappa shape index (κ3) is 8.82. The minimum absolute atomic E-state index is 0.211. The van der Waals surface area contributed by atoms with Gasteiger partial charge in [-0.2, -0.15) is 0 Å². The SMILES string of the molecule is C=C(C(=O)OCCCCCCCCN)C(CC)CC. The van der Waals surface area contributed by atoms with E-state index >= 15 is 0 Å². The summed E-state index contributed by atoms with van der Waals surface area (Å²) in [6, 6.07) is 0. The van der Waals surface area contributed by atoms with Crippen molar-refractivity contribution >= 4 is 5.97 Å². The second kappa shape index (κ2) is 12.2. The van der Waals surface area contributed by atoms with Crippen molar-refractivity contribution in [1.29, 1.82) is 0 Å². The van der Waals surface area contributed by atoms with Gasteiger partial charge in [0, 0.05) is 5.57 Å². The van der Waals surface area contributed by atoms with Crippen LogP contribution in [0.25, 0.3) is 0 Å². The lowest BCUT2D eigenvalue weighted by molar-refractivity contribution is -0.139.